The normalized spacial score (nSPS) is 10.6. The maximum atomic E-state index is 11.1. The first-order valence-corrected chi connectivity index (χ1v) is 12.0. The third kappa shape index (κ3) is 28.7. The molecule has 0 radical (unpaired) electrons. The third-order valence-corrected chi connectivity index (χ3v) is 4.85. The van der Waals surface area contributed by atoms with Crippen LogP contribution in [-0.2, 0) is 9.53 Å². The number of esters is 1. The van der Waals surface area contributed by atoms with Crippen molar-refractivity contribution in [2.45, 2.75) is 104 Å². The van der Waals surface area contributed by atoms with Gasteiger partial charge in [0, 0.05) is 6.42 Å². The first kappa shape index (κ1) is 28.1. The molecule has 0 N–H and O–H groups in total. The number of hydrogen-bond donors (Lipinski definition) is 2. The van der Waals surface area contributed by atoms with E-state index in [9.17, 15) is 4.79 Å². The van der Waals surface area contributed by atoms with Crippen molar-refractivity contribution >= 4 is 31.2 Å². The van der Waals surface area contributed by atoms with Crippen molar-refractivity contribution in [2.75, 3.05) is 18.1 Å². The predicted octanol–water partition coefficient (Wildman–Crippen LogP) is 7.43. The lowest BCUT2D eigenvalue weighted by Gasteiger charge is -2.01. The molecule has 0 aliphatic rings. The molecule has 156 valence electrons. The third-order valence-electron chi connectivity index (χ3n) is 4.05. The molecule has 0 aromatic heterocycles. The van der Waals surface area contributed by atoms with Gasteiger partial charge in [0.2, 0.25) is 0 Å². The van der Waals surface area contributed by atoms with E-state index in [4.69, 9.17) is 4.74 Å². The molecule has 2 nitrogen and oxygen atoms in total. The van der Waals surface area contributed by atoms with Gasteiger partial charge in [0.05, 0.1) is 6.61 Å². The summed E-state index contributed by atoms with van der Waals surface area (Å²) in [5, 5.41) is 0. The van der Waals surface area contributed by atoms with E-state index in [2.05, 4.69) is 44.3 Å². The van der Waals surface area contributed by atoms with Crippen LogP contribution in [0.3, 0.4) is 0 Å². The van der Waals surface area contributed by atoms with E-state index in [0.717, 1.165) is 24.3 Å². The maximum absolute atomic E-state index is 11.1. The van der Waals surface area contributed by atoms with E-state index in [1.165, 1.54) is 70.6 Å². The van der Waals surface area contributed by atoms with Gasteiger partial charge in [0.1, 0.15) is 0 Å². The molecule has 26 heavy (non-hydrogen) atoms. The number of unbranched alkanes of at least 4 members (excludes halogenated alkanes) is 11. The SMILES string of the molecule is CCCCCCCC/C=C\CCCCCCCC(=O)OCC.SCCS. The molecule has 0 spiro atoms. The van der Waals surface area contributed by atoms with Crippen LogP contribution in [-0.4, -0.2) is 24.1 Å². The highest BCUT2D eigenvalue weighted by atomic mass is 32.1. The van der Waals surface area contributed by atoms with E-state index in [-0.39, 0.29) is 5.97 Å². The zero-order chi connectivity index (χ0) is 19.7. The Kier molecular flexibility index (Phi) is 29.3. The lowest BCUT2D eigenvalue weighted by atomic mass is 10.1. The minimum atomic E-state index is -0.0415. The van der Waals surface area contributed by atoms with Gasteiger partial charge in [-0.15, -0.1) is 0 Å². The van der Waals surface area contributed by atoms with Crippen LogP contribution in [0.25, 0.3) is 0 Å². The molecule has 4 heteroatoms. The summed E-state index contributed by atoms with van der Waals surface area (Å²) in [5.74, 6) is 1.71. The summed E-state index contributed by atoms with van der Waals surface area (Å²) in [4.78, 5) is 11.1. The Labute approximate surface area is 174 Å². The van der Waals surface area contributed by atoms with E-state index in [1.54, 1.807) is 0 Å². The zero-order valence-corrected chi connectivity index (χ0v) is 19.2. The predicted molar refractivity (Wildman–Crippen MR) is 124 cm³/mol. The van der Waals surface area contributed by atoms with Crippen LogP contribution in [0.15, 0.2) is 12.2 Å². The summed E-state index contributed by atoms with van der Waals surface area (Å²) in [6, 6.07) is 0. The quantitative estimate of drug-likeness (QED) is 0.114. The summed E-state index contributed by atoms with van der Waals surface area (Å²) < 4.78 is 4.91. The fourth-order valence-corrected chi connectivity index (χ4v) is 2.57. The van der Waals surface area contributed by atoms with E-state index < -0.39 is 0 Å². The highest BCUT2D eigenvalue weighted by Crippen LogP contribution is 2.10. The monoisotopic (exact) mass is 404 g/mol. The molecular weight excluding hydrogens is 360 g/mol. The molecule has 0 saturated carbocycles. The fourth-order valence-electron chi connectivity index (χ4n) is 2.57. The molecule has 0 heterocycles. The highest BCUT2D eigenvalue weighted by molar-refractivity contribution is 7.84. The smallest absolute Gasteiger partial charge is 0.305 e. The number of hydrogen-bond acceptors (Lipinski definition) is 4. The standard InChI is InChI=1S/C20H38O2.C2H6S2/c1-3-5-6-7-8-9-10-11-12-13-14-15-16-17-18-19-20(21)22-4-2;3-1-2-4/h11-12H,3-10,13-19H2,1-2H3;3-4H,1-2H2/b12-11-;. The van der Waals surface area contributed by atoms with E-state index >= 15 is 0 Å². The van der Waals surface area contributed by atoms with Gasteiger partial charge in [0.15, 0.2) is 0 Å². The molecule has 0 atom stereocenters. The van der Waals surface area contributed by atoms with Crippen molar-refractivity contribution in [2.24, 2.45) is 0 Å². The number of carbonyl (C=O) groups excluding carboxylic acids is 1. The summed E-state index contributed by atoms with van der Waals surface area (Å²) in [7, 11) is 0. The van der Waals surface area contributed by atoms with Gasteiger partial charge in [0.25, 0.3) is 0 Å². The Bertz CT molecular complexity index is 292. The molecule has 0 aromatic rings. The van der Waals surface area contributed by atoms with Crippen LogP contribution in [0.4, 0.5) is 0 Å². The van der Waals surface area contributed by atoms with Crippen LogP contribution >= 0.6 is 25.3 Å². The molecule has 0 rings (SSSR count). The molecule has 0 aromatic carbocycles. The Morgan fingerprint density at radius 3 is 1.65 bits per heavy atom. The number of carbonyl (C=O) groups is 1. The Morgan fingerprint density at radius 2 is 1.19 bits per heavy atom. The van der Waals surface area contributed by atoms with Gasteiger partial charge >= 0.3 is 5.97 Å². The highest BCUT2D eigenvalue weighted by Gasteiger charge is 2.00. The molecule has 0 unspecified atom stereocenters. The van der Waals surface area contributed by atoms with Crippen LogP contribution in [0.1, 0.15) is 104 Å². The van der Waals surface area contributed by atoms with E-state index in [1.807, 2.05) is 6.92 Å². The first-order chi connectivity index (χ1) is 12.7. The molecule has 0 bridgehead atoms. The average molecular weight is 405 g/mol. The summed E-state index contributed by atoms with van der Waals surface area (Å²) in [6.45, 7) is 4.63. The fraction of sp³-hybridized carbons (Fsp3) is 0.864. The van der Waals surface area contributed by atoms with Crippen molar-refractivity contribution in [3.05, 3.63) is 12.2 Å². The Morgan fingerprint density at radius 1 is 0.731 bits per heavy atom. The van der Waals surface area contributed by atoms with Crippen molar-refractivity contribution in [3.63, 3.8) is 0 Å². The van der Waals surface area contributed by atoms with Crippen LogP contribution in [0.5, 0.6) is 0 Å². The number of allylic oxidation sites excluding steroid dienone is 2. The second-order valence-electron chi connectivity index (χ2n) is 6.59. The summed E-state index contributed by atoms with van der Waals surface area (Å²) >= 11 is 7.69. The van der Waals surface area contributed by atoms with Crippen molar-refractivity contribution in [3.8, 4) is 0 Å². The van der Waals surface area contributed by atoms with Crippen molar-refractivity contribution in [1.82, 2.24) is 0 Å². The minimum Gasteiger partial charge on any atom is -0.466 e. The Balaban J connectivity index is 0. The molecule has 0 aliphatic heterocycles. The molecular formula is C22H44O2S2. The van der Waals surface area contributed by atoms with Crippen molar-refractivity contribution in [1.29, 1.82) is 0 Å². The van der Waals surface area contributed by atoms with Gasteiger partial charge in [-0.1, -0.05) is 70.4 Å². The lowest BCUT2D eigenvalue weighted by molar-refractivity contribution is -0.143. The van der Waals surface area contributed by atoms with Gasteiger partial charge < -0.3 is 4.74 Å². The topological polar surface area (TPSA) is 26.3 Å². The van der Waals surface area contributed by atoms with Crippen LogP contribution in [0, 0.1) is 0 Å². The first-order valence-electron chi connectivity index (χ1n) is 10.7. The molecule has 0 amide bonds. The molecule has 0 saturated heterocycles. The summed E-state index contributed by atoms with van der Waals surface area (Å²) in [5.41, 5.74) is 0. The largest absolute Gasteiger partial charge is 0.466 e. The maximum Gasteiger partial charge on any atom is 0.305 e. The Hall–Kier alpha value is -0.0900. The average Bonchev–Trinajstić information content (AvgIpc) is 2.65. The van der Waals surface area contributed by atoms with Gasteiger partial charge in [-0.3, -0.25) is 4.79 Å². The minimum absolute atomic E-state index is 0.0415. The van der Waals surface area contributed by atoms with Gasteiger partial charge in [-0.05, 0) is 50.5 Å². The lowest BCUT2D eigenvalue weighted by Crippen LogP contribution is -2.03. The van der Waals surface area contributed by atoms with Gasteiger partial charge in [-0.2, -0.15) is 25.3 Å². The number of ether oxygens (including phenoxy) is 1. The number of thiol groups is 2. The number of rotatable bonds is 17. The zero-order valence-electron chi connectivity index (χ0n) is 17.4. The summed E-state index contributed by atoms with van der Waals surface area (Å²) in [6.07, 6.45) is 22.0. The van der Waals surface area contributed by atoms with Crippen LogP contribution < -0.4 is 0 Å². The van der Waals surface area contributed by atoms with E-state index in [0.29, 0.717) is 13.0 Å². The van der Waals surface area contributed by atoms with Gasteiger partial charge in [-0.25, -0.2) is 0 Å². The van der Waals surface area contributed by atoms with Crippen LogP contribution in [0.2, 0.25) is 0 Å². The second-order valence-corrected chi connectivity index (χ2v) is 7.48. The van der Waals surface area contributed by atoms with Crippen molar-refractivity contribution < 1.29 is 9.53 Å². The second kappa shape index (κ2) is 27.1. The molecule has 0 fully saturated rings. The molecule has 0 aliphatic carbocycles.